The van der Waals surface area contributed by atoms with E-state index in [1.54, 1.807) is 13.2 Å². The Kier molecular flexibility index (Phi) is 5.77. The van der Waals surface area contributed by atoms with Crippen LogP contribution in [0.2, 0.25) is 0 Å². The molecule has 2 unspecified atom stereocenters. The zero-order chi connectivity index (χ0) is 19.5. The Balaban J connectivity index is 1.49. The average molecular weight is 382 g/mol. The third-order valence-corrected chi connectivity index (χ3v) is 6.35. The van der Waals surface area contributed by atoms with Gasteiger partial charge in [-0.05, 0) is 74.0 Å². The minimum absolute atomic E-state index is 0.233. The van der Waals surface area contributed by atoms with E-state index in [0.29, 0.717) is 17.6 Å². The minimum atomic E-state index is 0.233. The molecule has 0 spiro atoms. The fourth-order valence-corrected chi connectivity index (χ4v) is 4.83. The maximum atomic E-state index is 10.1. The Morgan fingerprint density at radius 3 is 2.54 bits per heavy atom. The van der Waals surface area contributed by atoms with Gasteiger partial charge in [0.05, 0.1) is 7.11 Å². The van der Waals surface area contributed by atoms with Gasteiger partial charge in [0, 0.05) is 18.0 Å². The standard InChI is InChI=1S/C24H31NO3/c1-17-5-10-21-20(11-12-22(26)24(21)27-2)23(17)18-6-8-19(9-7-18)28-16-15-25-13-3-4-14-25/h6-9,11-12,17,23,26H,3-5,10,13-16H2,1-2H3. The summed E-state index contributed by atoms with van der Waals surface area (Å²) in [6.45, 7) is 6.49. The highest BCUT2D eigenvalue weighted by molar-refractivity contribution is 5.54. The lowest BCUT2D eigenvalue weighted by Gasteiger charge is -2.33. The van der Waals surface area contributed by atoms with Gasteiger partial charge in [0.1, 0.15) is 12.4 Å². The predicted octanol–water partition coefficient (Wildman–Crippen LogP) is 4.59. The molecule has 2 aliphatic rings. The first-order valence-corrected chi connectivity index (χ1v) is 10.5. The molecule has 0 saturated carbocycles. The fourth-order valence-electron chi connectivity index (χ4n) is 4.83. The van der Waals surface area contributed by atoms with Gasteiger partial charge >= 0.3 is 0 Å². The molecule has 28 heavy (non-hydrogen) atoms. The third kappa shape index (κ3) is 3.83. The van der Waals surface area contributed by atoms with Crippen LogP contribution in [-0.4, -0.2) is 43.4 Å². The van der Waals surface area contributed by atoms with Crippen molar-refractivity contribution in [2.45, 2.75) is 38.5 Å². The predicted molar refractivity (Wildman–Crippen MR) is 112 cm³/mol. The number of hydrogen-bond donors (Lipinski definition) is 1. The van der Waals surface area contributed by atoms with Crippen molar-refractivity contribution in [1.29, 1.82) is 0 Å². The molecule has 1 aliphatic heterocycles. The van der Waals surface area contributed by atoms with Crippen molar-refractivity contribution >= 4 is 0 Å². The number of likely N-dealkylation sites (tertiary alicyclic amines) is 1. The van der Waals surface area contributed by atoms with Crippen LogP contribution in [-0.2, 0) is 6.42 Å². The van der Waals surface area contributed by atoms with Gasteiger partial charge < -0.3 is 14.6 Å². The largest absolute Gasteiger partial charge is 0.504 e. The Labute approximate surface area is 168 Å². The Hall–Kier alpha value is -2.20. The van der Waals surface area contributed by atoms with Crippen molar-refractivity contribution in [3.05, 3.63) is 53.1 Å². The Bertz CT molecular complexity index is 796. The number of fused-ring (bicyclic) bond motifs is 1. The van der Waals surface area contributed by atoms with Gasteiger partial charge in [0.15, 0.2) is 11.5 Å². The first kappa shape index (κ1) is 19.1. The van der Waals surface area contributed by atoms with E-state index in [0.717, 1.165) is 37.3 Å². The normalized spacial score (nSPS) is 22.1. The number of nitrogens with zero attached hydrogens (tertiary/aromatic N) is 1. The summed E-state index contributed by atoms with van der Waals surface area (Å²) in [5, 5.41) is 10.1. The van der Waals surface area contributed by atoms with Gasteiger partial charge in [0.25, 0.3) is 0 Å². The van der Waals surface area contributed by atoms with Crippen LogP contribution in [0.25, 0.3) is 0 Å². The van der Waals surface area contributed by atoms with E-state index in [1.807, 2.05) is 0 Å². The smallest absolute Gasteiger partial charge is 0.163 e. The molecule has 0 amide bonds. The molecule has 1 saturated heterocycles. The van der Waals surface area contributed by atoms with Crippen LogP contribution in [0.5, 0.6) is 17.2 Å². The van der Waals surface area contributed by atoms with Crippen LogP contribution in [0.3, 0.4) is 0 Å². The number of aromatic hydroxyl groups is 1. The fraction of sp³-hybridized carbons (Fsp3) is 0.500. The highest BCUT2D eigenvalue weighted by atomic mass is 16.5. The number of hydrogen-bond acceptors (Lipinski definition) is 4. The quantitative estimate of drug-likeness (QED) is 0.795. The van der Waals surface area contributed by atoms with Crippen molar-refractivity contribution in [1.82, 2.24) is 4.90 Å². The maximum Gasteiger partial charge on any atom is 0.163 e. The lowest BCUT2D eigenvalue weighted by Crippen LogP contribution is -2.25. The summed E-state index contributed by atoms with van der Waals surface area (Å²) in [6, 6.07) is 12.4. The maximum absolute atomic E-state index is 10.1. The van der Waals surface area contributed by atoms with Crippen molar-refractivity contribution < 1.29 is 14.6 Å². The topological polar surface area (TPSA) is 41.9 Å². The highest BCUT2D eigenvalue weighted by Crippen LogP contribution is 2.46. The molecule has 2 atom stereocenters. The molecule has 2 aromatic rings. The summed E-state index contributed by atoms with van der Waals surface area (Å²) in [4.78, 5) is 2.47. The summed E-state index contributed by atoms with van der Waals surface area (Å²) in [5.74, 6) is 2.67. The van der Waals surface area contributed by atoms with E-state index >= 15 is 0 Å². The van der Waals surface area contributed by atoms with Crippen LogP contribution in [0.4, 0.5) is 0 Å². The van der Waals surface area contributed by atoms with E-state index in [1.165, 1.54) is 37.1 Å². The van der Waals surface area contributed by atoms with Crippen LogP contribution in [0, 0.1) is 5.92 Å². The molecule has 4 nitrogen and oxygen atoms in total. The molecule has 0 radical (unpaired) electrons. The molecule has 1 fully saturated rings. The van der Waals surface area contributed by atoms with Crippen LogP contribution in [0.15, 0.2) is 36.4 Å². The monoisotopic (exact) mass is 381 g/mol. The van der Waals surface area contributed by atoms with Gasteiger partial charge in [-0.3, -0.25) is 4.90 Å². The third-order valence-electron chi connectivity index (χ3n) is 6.35. The number of benzene rings is 2. The van der Waals surface area contributed by atoms with E-state index < -0.39 is 0 Å². The van der Waals surface area contributed by atoms with Gasteiger partial charge in [-0.2, -0.15) is 0 Å². The number of phenols is 1. The Morgan fingerprint density at radius 2 is 1.82 bits per heavy atom. The number of ether oxygens (including phenoxy) is 2. The molecule has 150 valence electrons. The van der Waals surface area contributed by atoms with E-state index in [-0.39, 0.29) is 5.75 Å². The summed E-state index contributed by atoms with van der Waals surface area (Å²) < 4.78 is 11.5. The second-order valence-electron chi connectivity index (χ2n) is 8.15. The van der Waals surface area contributed by atoms with Gasteiger partial charge in [0.2, 0.25) is 0 Å². The first-order valence-electron chi connectivity index (χ1n) is 10.5. The summed E-state index contributed by atoms with van der Waals surface area (Å²) in [7, 11) is 1.64. The van der Waals surface area contributed by atoms with Gasteiger partial charge in [-0.15, -0.1) is 0 Å². The molecule has 0 aromatic heterocycles. The molecule has 4 heteroatoms. The lowest BCUT2D eigenvalue weighted by atomic mass is 9.72. The molecule has 0 bridgehead atoms. The van der Waals surface area contributed by atoms with E-state index in [4.69, 9.17) is 9.47 Å². The summed E-state index contributed by atoms with van der Waals surface area (Å²) in [5.41, 5.74) is 3.72. The van der Waals surface area contributed by atoms with E-state index in [2.05, 4.69) is 42.2 Å². The van der Waals surface area contributed by atoms with Crippen molar-refractivity contribution in [3.8, 4) is 17.2 Å². The highest BCUT2D eigenvalue weighted by Gasteiger charge is 2.30. The zero-order valence-corrected chi connectivity index (χ0v) is 17.0. The van der Waals surface area contributed by atoms with E-state index in [9.17, 15) is 5.11 Å². The van der Waals surface area contributed by atoms with Crippen LogP contribution in [0.1, 0.15) is 48.8 Å². The summed E-state index contributed by atoms with van der Waals surface area (Å²) in [6.07, 6.45) is 4.67. The number of rotatable bonds is 6. The lowest BCUT2D eigenvalue weighted by molar-refractivity contribution is 0.237. The average Bonchev–Trinajstić information content (AvgIpc) is 3.22. The molecule has 1 heterocycles. The molecule has 4 rings (SSSR count). The molecule has 2 aromatic carbocycles. The SMILES string of the molecule is COc1c(O)ccc2c1CCC(C)C2c1ccc(OCCN2CCCC2)cc1. The number of methoxy groups -OCH3 is 1. The molecular weight excluding hydrogens is 350 g/mol. The van der Waals surface area contributed by atoms with Crippen molar-refractivity contribution in [3.63, 3.8) is 0 Å². The number of phenolic OH excluding ortho intramolecular Hbond substituents is 1. The molecule has 1 aliphatic carbocycles. The zero-order valence-electron chi connectivity index (χ0n) is 17.0. The van der Waals surface area contributed by atoms with Crippen molar-refractivity contribution in [2.24, 2.45) is 5.92 Å². The van der Waals surface area contributed by atoms with Crippen molar-refractivity contribution in [2.75, 3.05) is 33.4 Å². The molecular formula is C24H31NO3. The second kappa shape index (κ2) is 8.44. The minimum Gasteiger partial charge on any atom is -0.504 e. The van der Waals surface area contributed by atoms with Crippen LogP contribution < -0.4 is 9.47 Å². The second-order valence-corrected chi connectivity index (χ2v) is 8.15. The first-order chi connectivity index (χ1) is 13.7. The summed E-state index contributed by atoms with van der Waals surface area (Å²) >= 11 is 0. The Morgan fingerprint density at radius 1 is 1.07 bits per heavy atom. The van der Waals surface area contributed by atoms with Crippen LogP contribution >= 0.6 is 0 Å². The molecule has 1 N–H and O–H groups in total. The van der Waals surface area contributed by atoms with Gasteiger partial charge in [-0.1, -0.05) is 25.1 Å². The van der Waals surface area contributed by atoms with Gasteiger partial charge in [-0.25, -0.2) is 0 Å².